The summed E-state index contributed by atoms with van der Waals surface area (Å²) in [6, 6.07) is 5.46. The monoisotopic (exact) mass is 423 g/mol. The molecule has 3 amide bonds. The summed E-state index contributed by atoms with van der Waals surface area (Å²) in [4.78, 5) is 27.5. The summed E-state index contributed by atoms with van der Waals surface area (Å²) in [5.74, 6) is 0.0656. The number of likely N-dealkylation sites (tertiary alicyclic amines) is 1. The van der Waals surface area contributed by atoms with E-state index in [-0.39, 0.29) is 22.9 Å². The number of nitrogens with one attached hydrogen (secondary N) is 1. The Morgan fingerprint density at radius 1 is 1.21 bits per heavy atom. The Bertz CT molecular complexity index is 922. The number of hydrogen-bond donors (Lipinski definition) is 1. The molecule has 0 aromatic heterocycles. The van der Waals surface area contributed by atoms with Gasteiger partial charge in [0.05, 0.1) is 20.7 Å². The van der Waals surface area contributed by atoms with Crippen molar-refractivity contribution in [1.29, 1.82) is 0 Å². The highest BCUT2D eigenvalue weighted by atomic mass is 32.2. The molecule has 0 aliphatic carbocycles. The molecule has 0 saturated carbocycles. The van der Waals surface area contributed by atoms with Gasteiger partial charge in [0, 0.05) is 19.1 Å². The number of piperidine rings is 1. The average molecular weight is 424 g/mol. The van der Waals surface area contributed by atoms with Crippen molar-refractivity contribution in [2.24, 2.45) is 0 Å². The van der Waals surface area contributed by atoms with Crippen LogP contribution in [0.4, 0.5) is 4.79 Å². The van der Waals surface area contributed by atoms with Crippen LogP contribution < -0.4 is 9.46 Å². The molecular formula is C19H27N4O5S+. The van der Waals surface area contributed by atoms with Crippen LogP contribution >= 0.6 is 0 Å². The van der Waals surface area contributed by atoms with Crippen LogP contribution in [-0.2, 0) is 14.8 Å². The van der Waals surface area contributed by atoms with Crippen LogP contribution in [-0.4, -0.2) is 86.8 Å². The molecule has 10 heteroatoms. The van der Waals surface area contributed by atoms with Crippen molar-refractivity contribution in [2.75, 3.05) is 33.8 Å². The molecule has 3 rings (SSSR count). The predicted molar refractivity (Wildman–Crippen MR) is 107 cm³/mol. The highest BCUT2D eigenvalue weighted by molar-refractivity contribution is 7.89. The first kappa shape index (κ1) is 21.4. The molecule has 158 valence electrons. The minimum atomic E-state index is -3.72. The Hall–Kier alpha value is -2.30. The van der Waals surface area contributed by atoms with Gasteiger partial charge in [-0.2, -0.15) is 9.69 Å². The minimum absolute atomic E-state index is 0.127. The molecule has 2 heterocycles. The number of benzene rings is 1. The Morgan fingerprint density at radius 2 is 1.86 bits per heavy atom. The van der Waals surface area contributed by atoms with Gasteiger partial charge in [0.15, 0.2) is 6.04 Å². The zero-order chi connectivity index (χ0) is 21.2. The lowest BCUT2D eigenvalue weighted by molar-refractivity contribution is -0.401. The first-order valence-corrected chi connectivity index (χ1v) is 11.1. The first-order valence-electron chi connectivity index (χ1n) is 9.62. The van der Waals surface area contributed by atoms with Crippen molar-refractivity contribution >= 4 is 28.2 Å². The number of amides is 3. The normalized spacial score (nSPS) is 22.0. The SMILES string of the molecule is CCOc1ccccc1S(=O)(=O)NC1CCN(C2C=[N+](C)C(=O)N(C)C2=O)CC1. The van der Waals surface area contributed by atoms with Gasteiger partial charge in [-0.25, -0.2) is 22.5 Å². The number of carbonyl (C=O) groups is 2. The van der Waals surface area contributed by atoms with Gasteiger partial charge in [-0.3, -0.25) is 4.90 Å². The number of ether oxygens (including phenoxy) is 1. The van der Waals surface area contributed by atoms with E-state index in [2.05, 4.69) is 4.72 Å². The summed E-state index contributed by atoms with van der Waals surface area (Å²) in [6.07, 6.45) is 2.75. The molecule has 0 bridgehead atoms. The van der Waals surface area contributed by atoms with Gasteiger partial charge in [0.2, 0.25) is 10.0 Å². The van der Waals surface area contributed by atoms with Crippen molar-refractivity contribution in [3.63, 3.8) is 0 Å². The fourth-order valence-electron chi connectivity index (χ4n) is 3.64. The van der Waals surface area contributed by atoms with Gasteiger partial charge < -0.3 is 4.74 Å². The molecule has 1 unspecified atom stereocenters. The van der Waals surface area contributed by atoms with Crippen molar-refractivity contribution < 1.29 is 27.3 Å². The van der Waals surface area contributed by atoms with Crippen LogP contribution in [0.25, 0.3) is 0 Å². The van der Waals surface area contributed by atoms with E-state index >= 15 is 0 Å². The van der Waals surface area contributed by atoms with Crippen LogP contribution in [0.1, 0.15) is 19.8 Å². The zero-order valence-electron chi connectivity index (χ0n) is 16.9. The zero-order valence-corrected chi connectivity index (χ0v) is 17.7. The molecule has 1 fully saturated rings. The number of rotatable bonds is 6. The maximum absolute atomic E-state index is 12.8. The van der Waals surface area contributed by atoms with E-state index in [1.807, 2.05) is 4.90 Å². The van der Waals surface area contributed by atoms with Crippen molar-refractivity contribution in [3.8, 4) is 5.75 Å². The quantitative estimate of drug-likeness (QED) is 0.669. The van der Waals surface area contributed by atoms with Crippen molar-refractivity contribution in [1.82, 2.24) is 14.5 Å². The van der Waals surface area contributed by atoms with E-state index in [4.69, 9.17) is 4.74 Å². The Kier molecular flexibility index (Phi) is 6.35. The average Bonchev–Trinajstić information content (AvgIpc) is 2.70. The fourth-order valence-corrected chi connectivity index (χ4v) is 5.10. The highest BCUT2D eigenvalue weighted by Gasteiger charge is 2.43. The second-order valence-electron chi connectivity index (χ2n) is 7.20. The van der Waals surface area contributed by atoms with Gasteiger partial charge in [-0.1, -0.05) is 12.1 Å². The van der Waals surface area contributed by atoms with Crippen LogP contribution in [0.2, 0.25) is 0 Å². The largest absolute Gasteiger partial charge is 0.500 e. The molecule has 1 N–H and O–H groups in total. The summed E-state index contributed by atoms with van der Waals surface area (Å²) in [5, 5.41) is 0. The summed E-state index contributed by atoms with van der Waals surface area (Å²) >= 11 is 0. The number of sulfonamides is 1. The molecule has 1 saturated heterocycles. The minimum Gasteiger partial charge on any atom is -0.492 e. The lowest BCUT2D eigenvalue weighted by atomic mass is 10.0. The number of carbonyl (C=O) groups excluding carboxylic acids is 2. The second kappa shape index (κ2) is 8.60. The van der Waals surface area contributed by atoms with Crippen molar-refractivity contribution in [2.45, 2.75) is 36.7 Å². The van der Waals surface area contributed by atoms with Crippen LogP contribution in [0.3, 0.4) is 0 Å². The topological polar surface area (TPSA) is 99.0 Å². The lowest BCUT2D eigenvalue weighted by Crippen LogP contribution is -2.59. The number of likely N-dealkylation sites (N-methyl/N-ethyl adjacent to an activating group) is 1. The van der Waals surface area contributed by atoms with Gasteiger partial charge in [0.1, 0.15) is 16.9 Å². The van der Waals surface area contributed by atoms with E-state index in [0.29, 0.717) is 38.3 Å². The highest BCUT2D eigenvalue weighted by Crippen LogP contribution is 2.25. The van der Waals surface area contributed by atoms with E-state index < -0.39 is 16.1 Å². The molecule has 2 aliphatic rings. The van der Waals surface area contributed by atoms with Gasteiger partial charge in [0.25, 0.3) is 0 Å². The van der Waals surface area contributed by atoms with Crippen LogP contribution in [0.15, 0.2) is 29.2 Å². The third-order valence-electron chi connectivity index (χ3n) is 5.22. The van der Waals surface area contributed by atoms with Crippen LogP contribution in [0, 0.1) is 0 Å². The van der Waals surface area contributed by atoms with E-state index in [1.54, 1.807) is 38.4 Å². The lowest BCUT2D eigenvalue weighted by Gasteiger charge is -2.36. The number of nitrogens with zero attached hydrogens (tertiary/aromatic N) is 3. The van der Waals surface area contributed by atoms with Gasteiger partial charge in [-0.15, -0.1) is 0 Å². The molecule has 9 nitrogen and oxygen atoms in total. The number of imide groups is 1. The number of para-hydroxylation sites is 1. The number of hydrogen-bond acceptors (Lipinski definition) is 6. The predicted octanol–water partition coefficient (Wildman–Crippen LogP) is 0.502. The molecule has 29 heavy (non-hydrogen) atoms. The molecule has 1 aromatic carbocycles. The third-order valence-corrected chi connectivity index (χ3v) is 6.78. The molecule has 1 atom stereocenters. The fraction of sp³-hybridized carbons (Fsp3) is 0.526. The first-order chi connectivity index (χ1) is 13.7. The summed E-state index contributed by atoms with van der Waals surface area (Å²) in [5.41, 5.74) is 0. The second-order valence-corrected chi connectivity index (χ2v) is 8.88. The Labute approximate surface area is 171 Å². The molecule has 1 aromatic rings. The summed E-state index contributed by atoms with van der Waals surface area (Å²) in [7, 11) is -0.630. The van der Waals surface area contributed by atoms with Gasteiger partial charge in [-0.05, 0) is 31.9 Å². The standard InChI is InChI=1S/C19H27N4O5S/c1-4-28-16-7-5-6-8-17(16)29(26,27)20-14-9-11-23(12-10-14)15-13-21(2)19(25)22(3)18(15)24/h5-8,13-15,20H,4,9-12H2,1-3H3/q+1. The molecule has 2 aliphatic heterocycles. The van der Waals surface area contributed by atoms with Crippen LogP contribution in [0.5, 0.6) is 5.75 Å². The van der Waals surface area contributed by atoms with E-state index in [0.717, 1.165) is 4.90 Å². The third kappa shape index (κ3) is 4.49. The molecule has 0 radical (unpaired) electrons. The van der Waals surface area contributed by atoms with Crippen molar-refractivity contribution in [3.05, 3.63) is 24.3 Å². The molecule has 0 spiro atoms. The Morgan fingerprint density at radius 3 is 2.52 bits per heavy atom. The summed E-state index contributed by atoms with van der Waals surface area (Å²) in [6.45, 7) is 3.27. The van der Waals surface area contributed by atoms with E-state index in [1.165, 1.54) is 17.7 Å². The van der Waals surface area contributed by atoms with E-state index in [9.17, 15) is 18.0 Å². The number of urea groups is 1. The molecular weight excluding hydrogens is 396 g/mol. The Balaban J connectivity index is 1.66. The summed E-state index contributed by atoms with van der Waals surface area (Å²) < 4.78 is 35.3. The maximum atomic E-state index is 12.8. The maximum Gasteiger partial charge on any atom is 0.500 e. The smallest absolute Gasteiger partial charge is 0.492 e. The van der Waals surface area contributed by atoms with Gasteiger partial charge >= 0.3 is 11.9 Å².